The van der Waals surface area contributed by atoms with Crippen LogP contribution in [0.1, 0.15) is 51.9 Å². The third-order valence-electron chi connectivity index (χ3n) is 2.71. The van der Waals surface area contributed by atoms with Gasteiger partial charge in [-0.25, -0.2) is 8.42 Å². The average molecular weight is 332 g/mol. The van der Waals surface area contributed by atoms with Crippen molar-refractivity contribution in [3.63, 3.8) is 0 Å². The molecule has 9 heteroatoms. The van der Waals surface area contributed by atoms with Crippen molar-refractivity contribution in [2.75, 3.05) is 6.61 Å². The zero-order valence-corrected chi connectivity index (χ0v) is 15.4. The molecule has 0 rings (SSSR count). The van der Waals surface area contributed by atoms with Gasteiger partial charge in [-0.1, -0.05) is 39.0 Å². The van der Waals surface area contributed by atoms with E-state index in [1.807, 2.05) is 0 Å². The van der Waals surface area contributed by atoms with Crippen LogP contribution in [0.15, 0.2) is 0 Å². The van der Waals surface area contributed by atoms with Crippen molar-refractivity contribution < 1.29 is 62.0 Å². The summed E-state index contributed by atoms with van der Waals surface area (Å²) >= 11 is 0. The van der Waals surface area contributed by atoms with Gasteiger partial charge in [-0.2, -0.15) is 0 Å². The molecule has 0 spiro atoms. The molecule has 0 radical (unpaired) electrons. The van der Waals surface area contributed by atoms with Crippen LogP contribution in [0.5, 0.6) is 0 Å². The van der Waals surface area contributed by atoms with E-state index in [0.29, 0.717) is 6.42 Å². The SMILES string of the molecule is CCCCCCCCOC(=O)C(CC(=O)O)S(=O)(=O)[O-].[Na+]. The first-order chi connectivity index (χ1) is 9.29. The number of ether oxygens (including phenoxy) is 1. The number of carbonyl (C=O) groups excluding carboxylic acids is 1. The molecule has 0 amide bonds. The van der Waals surface area contributed by atoms with Crippen LogP contribution in [-0.4, -0.2) is 41.9 Å². The number of carboxylic acid groups (broad SMARTS) is 1. The van der Waals surface area contributed by atoms with Gasteiger partial charge < -0.3 is 14.4 Å². The van der Waals surface area contributed by atoms with Gasteiger partial charge in [0.1, 0.15) is 10.1 Å². The van der Waals surface area contributed by atoms with Gasteiger partial charge >= 0.3 is 41.5 Å². The maximum Gasteiger partial charge on any atom is 1.00 e. The van der Waals surface area contributed by atoms with Crippen LogP contribution in [-0.2, 0) is 24.4 Å². The van der Waals surface area contributed by atoms with Gasteiger partial charge in [-0.15, -0.1) is 0 Å². The average Bonchev–Trinajstić information content (AvgIpc) is 2.33. The van der Waals surface area contributed by atoms with E-state index in [9.17, 15) is 22.6 Å². The van der Waals surface area contributed by atoms with Gasteiger partial charge in [-0.3, -0.25) is 9.59 Å². The predicted molar refractivity (Wildman–Crippen MR) is 70.1 cm³/mol. The molecule has 0 heterocycles. The zero-order chi connectivity index (χ0) is 15.6. The Kier molecular flexibility index (Phi) is 13.7. The van der Waals surface area contributed by atoms with Crippen molar-refractivity contribution in [2.24, 2.45) is 0 Å². The molecule has 1 atom stereocenters. The van der Waals surface area contributed by atoms with Crippen LogP contribution >= 0.6 is 0 Å². The summed E-state index contributed by atoms with van der Waals surface area (Å²) in [7, 11) is -5.02. The summed E-state index contributed by atoms with van der Waals surface area (Å²) in [6.45, 7) is 2.09. The number of hydrogen-bond acceptors (Lipinski definition) is 6. The maximum absolute atomic E-state index is 11.4. The molecule has 0 aromatic heterocycles. The maximum atomic E-state index is 11.4. The second kappa shape index (κ2) is 12.4. The standard InChI is InChI=1S/C12H22O7S.Na/c1-2-3-4-5-6-7-8-19-12(15)10(9-11(13)14)20(16,17)18;/h10H,2-9H2,1H3,(H,13,14)(H,16,17,18);/q;+1/p-1. The summed E-state index contributed by atoms with van der Waals surface area (Å²) < 4.78 is 37.0. The second-order valence-corrected chi connectivity index (χ2v) is 6.07. The third kappa shape index (κ3) is 12.1. The van der Waals surface area contributed by atoms with Gasteiger partial charge in [0, 0.05) is 0 Å². The van der Waals surface area contributed by atoms with Crippen molar-refractivity contribution >= 4 is 22.1 Å². The zero-order valence-electron chi connectivity index (χ0n) is 12.5. The molecule has 21 heavy (non-hydrogen) atoms. The van der Waals surface area contributed by atoms with Gasteiger partial charge in [0.05, 0.1) is 13.0 Å². The molecule has 0 aromatic rings. The Bertz CT molecular complexity index is 408. The fourth-order valence-electron chi connectivity index (χ4n) is 1.61. The van der Waals surface area contributed by atoms with Crippen molar-refractivity contribution in [2.45, 2.75) is 57.1 Å². The molecule has 0 fully saturated rings. The molecule has 0 aliphatic heterocycles. The van der Waals surface area contributed by atoms with E-state index in [0.717, 1.165) is 32.1 Å². The topological polar surface area (TPSA) is 121 Å². The van der Waals surface area contributed by atoms with Crippen LogP contribution in [0, 0.1) is 0 Å². The van der Waals surface area contributed by atoms with Crippen molar-refractivity contribution in [1.82, 2.24) is 0 Å². The number of hydrogen-bond donors (Lipinski definition) is 1. The van der Waals surface area contributed by atoms with Crippen LogP contribution in [0.25, 0.3) is 0 Å². The molecule has 0 saturated heterocycles. The minimum atomic E-state index is -5.02. The second-order valence-electron chi connectivity index (χ2n) is 4.51. The summed E-state index contributed by atoms with van der Waals surface area (Å²) in [5, 5.41) is 6.31. The van der Waals surface area contributed by atoms with E-state index in [1.54, 1.807) is 0 Å². The smallest absolute Gasteiger partial charge is 0.747 e. The monoisotopic (exact) mass is 332 g/mol. The first-order valence-corrected chi connectivity index (χ1v) is 8.09. The fraction of sp³-hybridized carbons (Fsp3) is 0.833. The van der Waals surface area contributed by atoms with Crippen LogP contribution in [0.3, 0.4) is 0 Å². The predicted octanol–water partition coefficient (Wildman–Crippen LogP) is -1.72. The first-order valence-electron chi connectivity index (χ1n) is 6.62. The number of carbonyl (C=O) groups is 2. The fourth-order valence-corrected chi connectivity index (χ4v) is 2.26. The molecular formula is C12H21NaO7S. The number of rotatable bonds is 11. The van der Waals surface area contributed by atoms with E-state index in [-0.39, 0.29) is 36.2 Å². The molecule has 0 saturated carbocycles. The first kappa shape index (κ1) is 23.1. The van der Waals surface area contributed by atoms with Gasteiger partial charge in [0.15, 0.2) is 5.25 Å². The third-order valence-corrected chi connectivity index (χ3v) is 3.77. The van der Waals surface area contributed by atoms with E-state index in [4.69, 9.17) is 5.11 Å². The normalized spacial score (nSPS) is 12.3. The number of unbranched alkanes of at least 4 members (excludes halogenated alkanes) is 5. The minimum Gasteiger partial charge on any atom is -0.747 e. The van der Waals surface area contributed by atoms with Crippen molar-refractivity contribution in [3.05, 3.63) is 0 Å². The Morgan fingerprint density at radius 1 is 1.14 bits per heavy atom. The van der Waals surface area contributed by atoms with Gasteiger partial charge in [-0.05, 0) is 6.42 Å². The van der Waals surface area contributed by atoms with Crippen LogP contribution < -0.4 is 29.6 Å². The number of carboxylic acids is 1. The summed E-state index contributed by atoms with van der Waals surface area (Å²) in [6.07, 6.45) is 4.66. The molecule has 7 nitrogen and oxygen atoms in total. The largest absolute Gasteiger partial charge is 1.00 e. The van der Waals surface area contributed by atoms with Crippen molar-refractivity contribution in [1.29, 1.82) is 0 Å². The Morgan fingerprint density at radius 2 is 1.67 bits per heavy atom. The Hall–Kier alpha value is -0.150. The van der Waals surface area contributed by atoms with E-state index in [1.165, 1.54) is 0 Å². The quantitative estimate of drug-likeness (QED) is 0.207. The Morgan fingerprint density at radius 3 is 2.14 bits per heavy atom. The summed E-state index contributed by atoms with van der Waals surface area (Å²) in [4.78, 5) is 21.8. The molecule has 1 N–H and O–H groups in total. The van der Waals surface area contributed by atoms with E-state index in [2.05, 4.69) is 11.7 Å². The van der Waals surface area contributed by atoms with Crippen LogP contribution in [0.4, 0.5) is 0 Å². The van der Waals surface area contributed by atoms with Crippen LogP contribution in [0.2, 0.25) is 0 Å². The molecule has 0 aliphatic rings. The summed E-state index contributed by atoms with van der Waals surface area (Å²) in [6, 6.07) is 0. The van der Waals surface area contributed by atoms with E-state index >= 15 is 0 Å². The van der Waals surface area contributed by atoms with Gasteiger partial charge in [0.25, 0.3) is 0 Å². The van der Waals surface area contributed by atoms with Gasteiger partial charge in [0.2, 0.25) is 0 Å². The molecule has 1 unspecified atom stereocenters. The Balaban J connectivity index is 0. The molecule has 0 aromatic carbocycles. The Labute approximate surface area is 147 Å². The molecule has 118 valence electrons. The molecule has 0 aliphatic carbocycles. The molecule has 0 bridgehead atoms. The number of aliphatic carboxylic acids is 1. The van der Waals surface area contributed by atoms with Crippen molar-refractivity contribution in [3.8, 4) is 0 Å². The summed E-state index contributed by atoms with van der Waals surface area (Å²) in [5.41, 5.74) is 0. The minimum absolute atomic E-state index is 0. The molecular weight excluding hydrogens is 311 g/mol. The van der Waals surface area contributed by atoms with E-state index < -0.39 is 33.7 Å². The summed E-state index contributed by atoms with van der Waals surface area (Å²) in [5.74, 6) is -2.82. The number of esters is 1.